The maximum Gasteiger partial charge on any atom is 0.303 e. The molecule has 1 amide bonds. The number of carbonyl (C=O) groups is 3. The summed E-state index contributed by atoms with van der Waals surface area (Å²) in [5.74, 6) is -3.59. The Hall–Kier alpha value is -3.88. The standard InChI is InChI=1S/C24H24FNO7/c1-33-18-13-15(8-11-17(18)27)21-20(22(30)14-6-9-16(25)10-7-14)23(31)24(32)26(21)12-4-2-3-5-19(28)29/h6-11,13,21,27,30H,2-5,12H2,1H3,(H,28,29). The molecule has 9 heteroatoms. The van der Waals surface area contributed by atoms with Gasteiger partial charge in [0.15, 0.2) is 11.5 Å². The van der Waals surface area contributed by atoms with E-state index < -0.39 is 35.3 Å². The van der Waals surface area contributed by atoms with Crippen LogP contribution >= 0.6 is 0 Å². The summed E-state index contributed by atoms with van der Waals surface area (Å²) in [5, 5.41) is 29.7. The summed E-state index contributed by atoms with van der Waals surface area (Å²) in [5.41, 5.74) is 0.439. The zero-order chi connectivity index (χ0) is 24.1. The minimum Gasteiger partial charge on any atom is -0.507 e. The van der Waals surface area contributed by atoms with E-state index in [0.717, 1.165) is 12.1 Å². The van der Waals surface area contributed by atoms with Crippen molar-refractivity contribution in [2.75, 3.05) is 13.7 Å². The number of carbonyl (C=O) groups excluding carboxylic acids is 2. The molecule has 1 fully saturated rings. The Morgan fingerprint density at radius 3 is 2.39 bits per heavy atom. The summed E-state index contributed by atoms with van der Waals surface area (Å²) in [7, 11) is 1.36. The van der Waals surface area contributed by atoms with Crippen LogP contribution in [0.3, 0.4) is 0 Å². The van der Waals surface area contributed by atoms with Crippen LogP contribution in [-0.2, 0) is 14.4 Å². The number of aliphatic hydroxyl groups excluding tert-OH is 1. The number of rotatable bonds is 9. The van der Waals surface area contributed by atoms with Gasteiger partial charge in [-0.15, -0.1) is 0 Å². The second-order valence-corrected chi connectivity index (χ2v) is 7.64. The number of methoxy groups -OCH3 is 1. The Bertz CT molecular complexity index is 1090. The third-order valence-electron chi connectivity index (χ3n) is 5.47. The number of carboxylic acid groups (broad SMARTS) is 1. The van der Waals surface area contributed by atoms with Crippen molar-refractivity contribution >= 4 is 23.4 Å². The van der Waals surface area contributed by atoms with E-state index in [-0.39, 0.29) is 35.6 Å². The van der Waals surface area contributed by atoms with Gasteiger partial charge in [-0.3, -0.25) is 14.4 Å². The topological polar surface area (TPSA) is 124 Å². The maximum absolute atomic E-state index is 13.3. The first-order valence-corrected chi connectivity index (χ1v) is 10.4. The average molecular weight is 457 g/mol. The maximum atomic E-state index is 13.3. The lowest BCUT2D eigenvalue weighted by molar-refractivity contribution is -0.140. The fraction of sp³-hybridized carbons (Fsp3) is 0.292. The van der Waals surface area contributed by atoms with E-state index in [0.29, 0.717) is 24.8 Å². The number of nitrogens with zero attached hydrogens (tertiary/aromatic N) is 1. The van der Waals surface area contributed by atoms with E-state index >= 15 is 0 Å². The molecule has 0 bridgehead atoms. The van der Waals surface area contributed by atoms with Crippen LogP contribution in [0.15, 0.2) is 48.0 Å². The van der Waals surface area contributed by atoms with Crippen molar-refractivity contribution in [3.63, 3.8) is 0 Å². The molecule has 0 saturated carbocycles. The Labute approximate surface area is 189 Å². The van der Waals surface area contributed by atoms with E-state index in [9.17, 15) is 29.0 Å². The van der Waals surface area contributed by atoms with Crippen LogP contribution in [-0.4, -0.2) is 51.5 Å². The van der Waals surface area contributed by atoms with E-state index in [1.165, 1.54) is 42.3 Å². The van der Waals surface area contributed by atoms with Gasteiger partial charge in [0.25, 0.3) is 11.7 Å². The first-order valence-electron chi connectivity index (χ1n) is 10.4. The van der Waals surface area contributed by atoms with Crippen molar-refractivity contribution in [3.05, 3.63) is 65.0 Å². The highest BCUT2D eigenvalue weighted by Crippen LogP contribution is 2.41. The SMILES string of the molecule is COc1cc(C2C(=C(O)c3ccc(F)cc3)C(=O)C(=O)N2CCCCCC(=O)O)ccc1O. The molecule has 33 heavy (non-hydrogen) atoms. The summed E-state index contributed by atoms with van der Waals surface area (Å²) >= 11 is 0. The molecule has 1 unspecified atom stereocenters. The number of likely N-dealkylation sites (tertiary alicyclic amines) is 1. The van der Waals surface area contributed by atoms with Gasteiger partial charge in [-0.1, -0.05) is 12.5 Å². The molecule has 1 saturated heterocycles. The highest BCUT2D eigenvalue weighted by molar-refractivity contribution is 6.46. The predicted molar refractivity (Wildman–Crippen MR) is 116 cm³/mol. The molecule has 2 aromatic rings. The van der Waals surface area contributed by atoms with E-state index in [4.69, 9.17) is 9.84 Å². The minimum absolute atomic E-state index is 0.00196. The Kier molecular flexibility index (Phi) is 7.32. The first-order chi connectivity index (χ1) is 15.7. The van der Waals surface area contributed by atoms with Gasteiger partial charge in [-0.05, 0) is 54.8 Å². The number of ketones is 1. The molecule has 0 aromatic heterocycles. The number of aliphatic hydroxyl groups is 1. The molecule has 1 aliphatic heterocycles. The Morgan fingerprint density at radius 2 is 1.76 bits per heavy atom. The van der Waals surface area contributed by atoms with Crippen molar-refractivity contribution in [2.45, 2.75) is 31.7 Å². The van der Waals surface area contributed by atoms with Gasteiger partial charge >= 0.3 is 5.97 Å². The molecule has 0 spiro atoms. The number of hydrogen-bond acceptors (Lipinski definition) is 6. The summed E-state index contributed by atoms with van der Waals surface area (Å²) in [6.45, 7) is 0.151. The predicted octanol–water partition coefficient (Wildman–Crippen LogP) is 3.61. The number of carboxylic acids is 1. The number of hydrogen-bond donors (Lipinski definition) is 3. The summed E-state index contributed by atoms with van der Waals surface area (Å²) in [6.07, 6.45) is 1.40. The lowest BCUT2D eigenvalue weighted by atomic mass is 9.95. The molecule has 1 aliphatic rings. The minimum atomic E-state index is -0.968. The second kappa shape index (κ2) is 10.2. The van der Waals surface area contributed by atoms with Crippen molar-refractivity contribution in [2.24, 2.45) is 0 Å². The van der Waals surface area contributed by atoms with Crippen molar-refractivity contribution < 1.29 is 38.8 Å². The third kappa shape index (κ3) is 5.14. The van der Waals surface area contributed by atoms with Crippen molar-refractivity contribution in [1.82, 2.24) is 4.90 Å². The molecule has 8 nitrogen and oxygen atoms in total. The fourth-order valence-electron chi connectivity index (χ4n) is 3.82. The largest absolute Gasteiger partial charge is 0.507 e. The van der Waals surface area contributed by atoms with Crippen molar-refractivity contribution in [1.29, 1.82) is 0 Å². The summed E-state index contributed by atoms with van der Waals surface area (Å²) in [6, 6.07) is 8.25. The molecule has 0 radical (unpaired) electrons. The van der Waals surface area contributed by atoms with Gasteiger partial charge in [0.05, 0.1) is 18.7 Å². The van der Waals surface area contributed by atoms with Gasteiger partial charge < -0.3 is 25.0 Å². The number of amides is 1. The highest BCUT2D eigenvalue weighted by Gasteiger charge is 2.46. The number of phenols is 1. The van der Waals surface area contributed by atoms with Crippen LogP contribution in [0, 0.1) is 5.82 Å². The van der Waals surface area contributed by atoms with E-state index in [1.54, 1.807) is 0 Å². The first kappa shape index (κ1) is 23.8. The lowest BCUT2D eigenvalue weighted by Gasteiger charge is -2.25. The van der Waals surface area contributed by atoms with Crippen LogP contribution in [0.2, 0.25) is 0 Å². The smallest absolute Gasteiger partial charge is 0.303 e. The van der Waals surface area contributed by atoms with Gasteiger partial charge in [-0.2, -0.15) is 0 Å². The van der Waals surface area contributed by atoms with Crippen LogP contribution in [0.25, 0.3) is 5.76 Å². The molecule has 0 aliphatic carbocycles. The molecule has 174 valence electrons. The van der Waals surface area contributed by atoms with E-state index in [2.05, 4.69) is 0 Å². The quantitative estimate of drug-likeness (QED) is 0.227. The van der Waals surface area contributed by atoms with Gasteiger partial charge in [0, 0.05) is 18.5 Å². The zero-order valence-electron chi connectivity index (χ0n) is 18.0. The normalized spacial score (nSPS) is 17.4. The monoisotopic (exact) mass is 457 g/mol. The molecule has 1 heterocycles. The van der Waals surface area contributed by atoms with Crippen LogP contribution in [0.4, 0.5) is 4.39 Å². The summed E-state index contributed by atoms with van der Waals surface area (Å²) in [4.78, 5) is 37.8. The molecular formula is C24H24FNO7. The van der Waals surface area contributed by atoms with Crippen LogP contribution in [0.1, 0.15) is 42.9 Å². The average Bonchev–Trinajstić information content (AvgIpc) is 3.04. The van der Waals surface area contributed by atoms with Gasteiger partial charge in [-0.25, -0.2) is 4.39 Å². The zero-order valence-corrected chi connectivity index (χ0v) is 18.0. The molecular weight excluding hydrogens is 433 g/mol. The van der Waals surface area contributed by atoms with Crippen molar-refractivity contribution in [3.8, 4) is 11.5 Å². The number of unbranched alkanes of at least 4 members (excludes halogenated alkanes) is 2. The van der Waals surface area contributed by atoms with Crippen LogP contribution in [0.5, 0.6) is 11.5 Å². The molecule has 1 atom stereocenters. The molecule has 3 rings (SSSR count). The van der Waals surface area contributed by atoms with Gasteiger partial charge in [0.1, 0.15) is 11.6 Å². The molecule has 3 N–H and O–H groups in total. The Morgan fingerprint density at radius 1 is 1.06 bits per heavy atom. The number of aromatic hydroxyl groups is 1. The second-order valence-electron chi connectivity index (χ2n) is 7.64. The van der Waals surface area contributed by atoms with Crippen LogP contribution < -0.4 is 4.74 Å². The number of Topliss-reactive ketones (excluding diaryl/α,β-unsaturated/α-hetero) is 1. The Balaban J connectivity index is 2.02. The number of ether oxygens (including phenoxy) is 1. The molecule has 2 aromatic carbocycles. The van der Waals surface area contributed by atoms with Gasteiger partial charge in [0.2, 0.25) is 0 Å². The number of halogens is 1. The third-order valence-corrected chi connectivity index (χ3v) is 5.47. The van der Waals surface area contributed by atoms with E-state index in [1.807, 2.05) is 0 Å². The lowest BCUT2D eigenvalue weighted by Crippen LogP contribution is -2.30. The summed E-state index contributed by atoms with van der Waals surface area (Å²) < 4.78 is 18.5. The number of benzene rings is 2. The number of phenolic OH excluding ortho intramolecular Hbond substituents is 1. The highest BCUT2D eigenvalue weighted by atomic mass is 19.1. The number of aliphatic carboxylic acids is 1. The fourth-order valence-corrected chi connectivity index (χ4v) is 3.82.